The third kappa shape index (κ3) is 6.00. The van der Waals surface area contributed by atoms with Crippen molar-refractivity contribution in [3.8, 4) is 5.69 Å². The Bertz CT molecular complexity index is 1890. The summed E-state index contributed by atoms with van der Waals surface area (Å²) in [6.07, 6.45) is 3.89. The van der Waals surface area contributed by atoms with Gasteiger partial charge in [0.2, 0.25) is 0 Å². The van der Waals surface area contributed by atoms with E-state index in [1.165, 1.54) is 11.1 Å². The van der Waals surface area contributed by atoms with Gasteiger partial charge in [0.05, 0.1) is 0 Å². The maximum absolute atomic E-state index is 4.86. The molecule has 238 valence electrons. The predicted octanol–water partition coefficient (Wildman–Crippen LogP) is 10.4. The third-order valence-electron chi connectivity index (χ3n) is 9.47. The molecule has 0 aliphatic carbocycles. The quantitative estimate of drug-likeness (QED) is 0.163. The number of hydrogen-bond donors (Lipinski definition) is 0. The van der Waals surface area contributed by atoms with Gasteiger partial charge in [-0.05, 0) is 58.4 Å². The molecular weight excluding hydrogens is 742 g/mol. The van der Waals surface area contributed by atoms with Gasteiger partial charge in [-0.25, -0.2) is 10.8 Å². The van der Waals surface area contributed by atoms with Crippen molar-refractivity contribution in [1.82, 2.24) is 14.5 Å². The number of fused-ring (bicyclic) bond motifs is 3. The van der Waals surface area contributed by atoms with Crippen LogP contribution in [0, 0.1) is 12.1 Å². The summed E-state index contributed by atoms with van der Waals surface area (Å²) in [5.41, 5.74) is 9.65. The van der Waals surface area contributed by atoms with Crippen LogP contribution in [0.4, 0.5) is 0 Å². The molecule has 0 atom stereocenters. The van der Waals surface area contributed by atoms with Crippen LogP contribution < -0.4 is 0 Å². The Balaban J connectivity index is 0.00000417. The van der Waals surface area contributed by atoms with Crippen LogP contribution in [0.5, 0.6) is 0 Å². The zero-order valence-corrected chi connectivity index (χ0v) is 31.1. The molecule has 0 bridgehead atoms. The number of rotatable bonds is 5. The van der Waals surface area contributed by atoms with Crippen LogP contribution in [0.1, 0.15) is 103 Å². The van der Waals surface area contributed by atoms with E-state index in [4.69, 9.17) is 9.97 Å². The maximum Gasteiger partial charge on any atom is 2.00 e. The molecule has 0 saturated carbocycles. The molecule has 46 heavy (non-hydrogen) atoms. The van der Waals surface area contributed by atoms with Gasteiger partial charge in [-0.1, -0.05) is 98.5 Å². The van der Waals surface area contributed by atoms with E-state index >= 15 is 0 Å². The van der Waals surface area contributed by atoms with Gasteiger partial charge in [-0.15, -0.1) is 35.4 Å². The first kappa shape index (κ1) is 33.8. The van der Waals surface area contributed by atoms with Gasteiger partial charge >= 0.3 is 21.1 Å². The van der Waals surface area contributed by atoms with E-state index in [0.29, 0.717) is 0 Å². The average Bonchev–Trinajstić information content (AvgIpc) is 3.34. The average molecular weight is 787 g/mol. The Morgan fingerprint density at radius 1 is 0.522 bits per heavy atom. The minimum absolute atomic E-state index is 0. The van der Waals surface area contributed by atoms with E-state index in [1.807, 2.05) is 12.4 Å². The summed E-state index contributed by atoms with van der Waals surface area (Å²) in [6.45, 7) is 22.5. The Kier molecular flexibility index (Phi) is 8.75. The number of hydrogen-bond acceptors (Lipinski definition) is 2. The Hall–Kier alpha value is -3.55. The first-order chi connectivity index (χ1) is 21.1. The topological polar surface area (TPSA) is 30.7 Å². The van der Waals surface area contributed by atoms with Crippen molar-refractivity contribution in [2.24, 2.45) is 0 Å². The third-order valence-corrected chi connectivity index (χ3v) is 9.47. The standard InChI is InChI=1S/C42H45N3.Pt/c1-39(2,3)28-20-22-43-37(26-28)41(7,8)30-16-18-35-33(24-30)34-25-31(17-19-36(34)45(35)32-14-12-11-13-15-32)42(9,10)38-27-29(21-23-44-38)40(4,5)6;/h11-23,26-27H,1-10H3;/q-2;+2. The molecule has 6 aromatic rings. The molecule has 0 fully saturated rings. The number of para-hydroxylation sites is 1. The first-order valence-electron chi connectivity index (χ1n) is 16.0. The summed E-state index contributed by atoms with van der Waals surface area (Å²) >= 11 is 0. The summed E-state index contributed by atoms with van der Waals surface area (Å²) in [6, 6.07) is 36.1. The Morgan fingerprint density at radius 3 is 1.33 bits per heavy atom. The fourth-order valence-corrected chi connectivity index (χ4v) is 6.19. The monoisotopic (exact) mass is 786 g/mol. The maximum atomic E-state index is 4.86. The zero-order valence-electron chi connectivity index (χ0n) is 28.8. The largest absolute Gasteiger partial charge is 2.00 e. The minimum Gasteiger partial charge on any atom is -0.409 e. The van der Waals surface area contributed by atoms with Crippen molar-refractivity contribution in [3.05, 3.63) is 137 Å². The molecule has 6 rings (SSSR count). The van der Waals surface area contributed by atoms with Crippen molar-refractivity contribution in [3.63, 3.8) is 0 Å². The Labute approximate surface area is 289 Å². The van der Waals surface area contributed by atoms with Crippen LogP contribution in [-0.4, -0.2) is 14.5 Å². The molecule has 0 saturated heterocycles. The zero-order chi connectivity index (χ0) is 32.4. The van der Waals surface area contributed by atoms with Crippen LogP contribution in [0.25, 0.3) is 27.5 Å². The van der Waals surface area contributed by atoms with Crippen molar-refractivity contribution < 1.29 is 21.1 Å². The predicted molar refractivity (Wildman–Crippen MR) is 189 cm³/mol. The summed E-state index contributed by atoms with van der Waals surface area (Å²) in [5, 5.41) is 2.14. The number of aromatic nitrogens is 3. The van der Waals surface area contributed by atoms with E-state index in [9.17, 15) is 0 Å². The van der Waals surface area contributed by atoms with Crippen LogP contribution >= 0.6 is 0 Å². The van der Waals surface area contributed by atoms with Crippen molar-refractivity contribution in [1.29, 1.82) is 0 Å². The van der Waals surface area contributed by atoms with Crippen molar-refractivity contribution >= 4 is 21.8 Å². The molecule has 0 spiro atoms. The first-order valence-corrected chi connectivity index (χ1v) is 16.0. The number of nitrogens with zero attached hydrogens (tertiary/aromatic N) is 3. The Morgan fingerprint density at radius 2 is 0.935 bits per heavy atom. The van der Waals surface area contributed by atoms with Crippen LogP contribution in [-0.2, 0) is 42.7 Å². The van der Waals surface area contributed by atoms with Crippen molar-refractivity contribution in [2.75, 3.05) is 0 Å². The van der Waals surface area contributed by atoms with Crippen LogP contribution in [0.3, 0.4) is 0 Å². The molecular formula is C42H45N3Pt. The molecule has 3 heterocycles. The summed E-state index contributed by atoms with van der Waals surface area (Å²) in [7, 11) is 0. The molecule has 3 nitrogen and oxygen atoms in total. The van der Waals surface area contributed by atoms with E-state index in [1.54, 1.807) is 0 Å². The van der Waals surface area contributed by atoms with E-state index < -0.39 is 0 Å². The molecule has 0 N–H and O–H groups in total. The second-order valence-corrected chi connectivity index (χ2v) is 15.5. The SMILES string of the molecule is CC(C)(C)c1ccnc(C(C)(C)c2[c-]c3c4[c-]c(C(C)(C)c5cc(C(C)(C)C)ccn5)ccc4n(-c4ccccc4)c3cc2)c1.[Pt+2]. The van der Waals surface area contributed by atoms with Crippen LogP contribution in [0.2, 0.25) is 0 Å². The van der Waals surface area contributed by atoms with E-state index in [2.05, 4.69) is 165 Å². The molecule has 0 radical (unpaired) electrons. The second kappa shape index (κ2) is 11.9. The fraction of sp³-hybridized carbons (Fsp3) is 0.333. The van der Waals surface area contributed by atoms with Gasteiger partial charge in [0.15, 0.2) is 0 Å². The normalized spacial score (nSPS) is 12.8. The number of benzene rings is 3. The van der Waals surface area contributed by atoms with Gasteiger partial charge in [-0.3, -0.25) is 9.97 Å². The molecule has 3 aromatic heterocycles. The van der Waals surface area contributed by atoms with Gasteiger partial charge in [0, 0.05) is 40.3 Å². The number of pyridine rings is 2. The fourth-order valence-electron chi connectivity index (χ4n) is 6.19. The molecule has 0 aliphatic heterocycles. The minimum atomic E-state index is -0.342. The summed E-state index contributed by atoms with van der Waals surface area (Å²) in [4.78, 5) is 9.72. The van der Waals surface area contributed by atoms with Crippen molar-refractivity contribution in [2.45, 2.75) is 90.9 Å². The van der Waals surface area contributed by atoms with Gasteiger partial charge < -0.3 is 4.57 Å². The van der Waals surface area contributed by atoms with E-state index in [0.717, 1.165) is 50.0 Å². The molecule has 0 aliphatic rings. The molecule has 0 unspecified atom stereocenters. The second-order valence-electron chi connectivity index (χ2n) is 15.5. The van der Waals surface area contributed by atoms with E-state index in [-0.39, 0.29) is 42.7 Å². The molecule has 3 aromatic carbocycles. The molecule has 4 heteroatoms. The smallest absolute Gasteiger partial charge is 0.409 e. The summed E-state index contributed by atoms with van der Waals surface area (Å²) < 4.78 is 2.34. The van der Waals surface area contributed by atoms with Gasteiger partial charge in [0.1, 0.15) is 0 Å². The molecule has 0 amide bonds. The summed E-state index contributed by atoms with van der Waals surface area (Å²) in [5.74, 6) is 0. The van der Waals surface area contributed by atoms with Gasteiger partial charge in [-0.2, -0.15) is 12.1 Å². The van der Waals surface area contributed by atoms with Crippen LogP contribution in [0.15, 0.2) is 91.3 Å². The van der Waals surface area contributed by atoms with Gasteiger partial charge in [0.25, 0.3) is 0 Å².